The second-order valence-corrected chi connectivity index (χ2v) is 6.21. The summed E-state index contributed by atoms with van der Waals surface area (Å²) in [5, 5.41) is 19.3. The van der Waals surface area contributed by atoms with Crippen molar-refractivity contribution in [3.8, 4) is 5.75 Å². The standard InChI is InChI=1S/C19H21FO3/c20-17-6-7-18(23-13-14-4-2-1-3-5-14)15(10-17)8-9-19(22)11-16(19)12-21/h1-7,10,16,21-22H,8-9,11-13H2/t16-,19-/m0/s1. The highest BCUT2D eigenvalue weighted by Gasteiger charge is 2.51. The molecule has 0 spiro atoms. The van der Waals surface area contributed by atoms with Crippen LogP contribution >= 0.6 is 0 Å². The van der Waals surface area contributed by atoms with E-state index in [0.29, 0.717) is 31.6 Å². The summed E-state index contributed by atoms with van der Waals surface area (Å²) in [6, 6.07) is 14.3. The van der Waals surface area contributed by atoms with E-state index in [2.05, 4.69) is 0 Å². The molecule has 0 radical (unpaired) electrons. The van der Waals surface area contributed by atoms with E-state index in [1.54, 1.807) is 6.07 Å². The van der Waals surface area contributed by atoms with Gasteiger partial charge in [-0.3, -0.25) is 0 Å². The third-order valence-electron chi connectivity index (χ3n) is 4.51. The van der Waals surface area contributed by atoms with Crippen molar-refractivity contribution in [1.29, 1.82) is 0 Å². The van der Waals surface area contributed by atoms with Crippen molar-refractivity contribution in [3.63, 3.8) is 0 Å². The molecular weight excluding hydrogens is 295 g/mol. The molecular formula is C19H21FO3. The molecule has 2 N–H and O–H groups in total. The van der Waals surface area contributed by atoms with Gasteiger partial charge in [0.05, 0.1) is 5.60 Å². The average Bonchev–Trinajstić information content (AvgIpc) is 3.24. The summed E-state index contributed by atoms with van der Waals surface area (Å²) in [6.07, 6.45) is 1.64. The predicted octanol–water partition coefficient (Wildman–Crippen LogP) is 3.08. The Morgan fingerprint density at radius 1 is 1.17 bits per heavy atom. The van der Waals surface area contributed by atoms with Gasteiger partial charge in [-0.1, -0.05) is 30.3 Å². The molecule has 3 nitrogen and oxygen atoms in total. The fourth-order valence-electron chi connectivity index (χ4n) is 2.88. The Bertz CT molecular complexity index is 659. The quantitative estimate of drug-likeness (QED) is 0.825. The van der Waals surface area contributed by atoms with Gasteiger partial charge in [-0.05, 0) is 48.6 Å². The fraction of sp³-hybridized carbons (Fsp3) is 0.368. The van der Waals surface area contributed by atoms with Crippen LogP contribution in [-0.4, -0.2) is 22.4 Å². The van der Waals surface area contributed by atoms with Crippen LogP contribution in [0.25, 0.3) is 0 Å². The zero-order valence-corrected chi connectivity index (χ0v) is 12.9. The zero-order valence-electron chi connectivity index (χ0n) is 12.9. The van der Waals surface area contributed by atoms with Gasteiger partial charge >= 0.3 is 0 Å². The molecule has 2 aromatic rings. The van der Waals surface area contributed by atoms with Crippen LogP contribution in [0.1, 0.15) is 24.0 Å². The van der Waals surface area contributed by atoms with Crippen LogP contribution in [0.2, 0.25) is 0 Å². The summed E-state index contributed by atoms with van der Waals surface area (Å²) in [5.74, 6) is 0.276. The molecule has 1 aliphatic rings. The summed E-state index contributed by atoms with van der Waals surface area (Å²) in [6.45, 7) is 0.417. The van der Waals surface area contributed by atoms with Crippen molar-refractivity contribution < 1.29 is 19.3 Å². The average molecular weight is 316 g/mol. The molecule has 1 fully saturated rings. The van der Waals surface area contributed by atoms with Crippen LogP contribution < -0.4 is 4.74 Å². The molecule has 23 heavy (non-hydrogen) atoms. The molecule has 1 saturated carbocycles. The number of rotatable bonds is 7. The molecule has 122 valence electrons. The van der Waals surface area contributed by atoms with E-state index in [9.17, 15) is 9.50 Å². The van der Waals surface area contributed by atoms with Crippen LogP contribution in [0.4, 0.5) is 4.39 Å². The second kappa shape index (κ2) is 6.69. The lowest BCUT2D eigenvalue weighted by atomic mass is 10.0. The van der Waals surface area contributed by atoms with Crippen molar-refractivity contribution in [1.82, 2.24) is 0 Å². The summed E-state index contributed by atoms with van der Waals surface area (Å²) < 4.78 is 19.4. The van der Waals surface area contributed by atoms with Gasteiger partial charge in [-0.2, -0.15) is 0 Å². The van der Waals surface area contributed by atoms with Gasteiger partial charge < -0.3 is 14.9 Å². The zero-order chi connectivity index (χ0) is 16.3. The molecule has 0 unspecified atom stereocenters. The second-order valence-electron chi connectivity index (χ2n) is 6.21. The summed E-state index contributed by atoms with van der Waals surface area (Å²) in [7, 11) is 0. The first-order valence-corrected chi connectivity index (χ1v) is 7.89. The largest absolute Gasteiger partial charge is 0.489 e. The number of aliphatic hydroxyl groups is 2. The van der Waals surface area contributed by atoms with Gasteiger partial charge in [0, 0.05) is 12.5 Å². The Kier molecular flexibility index (Phi) is 4.64. The third kappa shape index (κ3) is 3.89. The Hall–Kier alpha value is -1.91. The van der Waals surface area contributed by atoms with E-state index >= 15 is 0 Å². The number of benzene rings is 2. The van der Waals surface area contributed by atoms with E-state index in [4.69, 9.17) is 9.84 Å². The van der Waals surface area contributed by atoms with Gasteiger partial charge in [0.25, 0.3) is 0 Å². The summed E-state index contributed by atoms with van der Waals surface area (Å²) >= 11 is 0. The maximum absolute atomic E-state index is 13.5. The topological polar surface area (TPSA) is 49.7 Å². The van der Waals surface area contributed by atoms with Crippen molar-refractivity contribution in [2.75, 3.05) is 6.61 Å². The van der Waals surface area contributed by atoms with Gasteiger partial charge in [0.1, 0.15) is 18.2 Å². The normalized spacial score (nSPS) is 22.8. The molecule has 0 aliphatic heterocycles. The molecule has 2 aromatic carbocycles. The van der Waals surface area contributed by atoms with Crippen molar-refractivity contribution in [2.45, 2.75) is 31.5 Å². The third-order valence-corrected chi connectivity index (χ3v) is 4.51. The van der Waals surface area contributed by atoms with Crippen molar-refractivity contribution in [3.05, 3.63) is 65.5 Å². The van der Waals surface area contributed by atoms with Gasteiger partial charge in [-0.15, -0.1) is 0 Å². The monoisotopic (exact) mass is 316 g/mol. The first-order valence-electron chi connectivity index (χ1n) is 7.89. The van der Waals surface area contributed by atoms with E-state index < -0.39 is 5.60 Å². The number of halogens is 1. The molecule has 4 heteroatoms. The molecule has 0 bridgehead atoms. The smallest absolute Gasteiger partial charge is 0.123 e. The molecule has 0 saturated heterocycles. The number of hydrogen-bond donors (Lipinski definition) is 2. The molecule has 0 amide bonds. The minimum Gasteiger partial charge on any atom is -0.489 e. The lowest BCUT2D eigenvalue weighted by Crippen LogP contribution is -2.14. The highest BCUT2D eigenvalue weighted by Crippen LogP contribution is 2.46. The molecule has 0 heterocycles. The van der Waals surface area contributed by atoms with E-state index in [-0.39, 0.29) is 18.3 Å². The van der Waals surface area contributed by atoms with Gasteiger partial charge in [0.2, 0.25) is 0 Å². The van der Waals surface area contributed by atoms with E-state index in [1.807, 2.05) is 30.3 Å². The van der Waals surface area contributed by atoms with E-state index in [1.165, 1.54) is 12.1 Å². The minimum atomic E-state index is -0.808. The lowest BCUT2D eigenvalue weighted by molar-refractivity contribution is 0.103. The maximum atomic E-state index is 13.5. The fourth-order valence-corrected chi connectivity index (χ4v) is 2.88. The van der Waals surface area contributed by atoms with Gasteiger partial charge in [0.15, 0.2) is 0 Å². The molecule has 2 atom stereocenters. The highest BCUT2D eigenvalue weighted by atomic mass is 19.1. The number of aliphatic hydroxyl groups excluding tert-OH is 1. The first-order chi connectivity index (χ1) is 11.1. The predicted molar refractivity (Wildman–Crippen MR) is 85.6 cm³/mol. The Morgan fingerprint density at radius 3 is 2.65 bits per heavy atom. The van der Waals surface area contributed by atoms with Crippen LogP contribution in [0.3, 0.4) is 0 Å². The van der Waals surface area contributed by atoms with Crippen LogP contribution in [0.5, 0.6) is 5.75 Å². The Morgan fingerprint density at radius 2 is 1.96 bits per heavy atom. The SMILES string of the molecule is OC[C@@H]1C[C@@]1(O)CCc1cc(F)ccc1OCc1ccccc1. The van der Waals surface area contributed by atoms with E-state index in [0.717, 1.165) is 11.1 Å². The number of hydrogen-bond acceptors (Lipinski definition) is 3. The van der Waals surface area contributed by atoms with Crippen LogP contribution in [0, 0.1) is 11.7 Å². The Labute approximate surface area is 135 Å². The van der Waals surface area contributed by atoms with Gasteiger partial charge in [-0.25, -0.2) is 4.39 Å². The minimum absolute atomic E-state index is 0.00296. The Balaban J connectivity index is 1.66. The molecule has 1 aliphatic carbocycles. The summed E-state index contributed by atoms with van der Waals surface area (Å²) in [5.41, 5.74) is 0.986. The summed E-state index contributed by atoms with van der Waals surface area (Å²) in [4.78, 5) is 0. The number of aryl methyl sites for hydroxylation is 1. The lowest BCUT2D eigenvalue weighted by Gasteiger charge is -2.14. The van der Waals surface area contributed by atoms with Crippen molar-refractivity contribution in [2.24, 2.45) is 5.92 Å². The van der Waals surface area contributed by atoms with Crippen LogP contribution in [-0.2, 0) is 13.0 Å². The molecule has 3 rings (SSSR count). The first kappa shape index (κ1) is 16.0. The maximum Gasteiger partial charge on any atom is 0.123 e. The number of ether oxygens (including phenoxy) is 1. The van der Waals surface area contributed by atoms with Crippen LogP contribution in [0.15, 0.2) is 48.5 Å². The van der Waals surface area contributed by atoms with Crippen molar-refractivity contribution >= 4 is 0 Å². The highest BCUT2D eigenvalue weighted by molar-refractivity contribution is 5.35. The molecule has 0 aromatic heterocycles.